The number of aliphatic hydroxyl groups excluding tert-OH is 1. The predicted octanol–water partition coefficient (Wildman–Crippen LogP) is -1.32. The lowest BCUT2D eigenvalue weighted by atomic mass is 10.0. The van der Waals surface area contributed by atoms with E-state index in [-0.39, 0.29) is 11.1 Å². The zero-order chi connectivity index (χ0) is 10.7. The summed E-state index contributed by atoms with van der Waals surface area (Å²) < 4.78 is 4.62. The molecule has 7 heteroatoms. The van der Waals surface area contributed by atoms with Crippen LogP contribution in [0, 0.1) is 0 Å². The minimum atomic E-state index is -1.22. The van der Waals surface area contributed by atoms with E-state index in [4.69, 9.17) is 5.73 Å². The van der Waals surface area contributed by atoms with E-state index < -0.39 is 24.2 Å². The maximum atomic E-state index is 11.4. The topological polar surface area (TPSA) is 90.6 Å². The number of nitrogens with one attached hydrogen (secondary N) is 1. The molecule has 3 rings (SSSR count). The molecular formula is C8H7N2O4S. The van der Waals surface area contributed by atoms with Crippen molar-refractivity contribution in [2.24, 2.45) is 0 Å². The Hall–Kier alpha value is -1.05. The Labute approximate surface area is 89.0 Å². The molecule has 3 atom stereocenters. The van der Waals surface area contributed by atoms with E-state index in [1.165, 1.54) is 16.7 Å². The van der Waals surface area contributed by atoms with Crippen molar-refractivity contribution in [3.05, 3.63) is 11.3 Å². The molecule has 1 amide bonds. The molecule has 0 aliphatic carbocycles. The quantitative estimate of drug-likeness (QED) is 0.409. The van der Waals surface area contributed by atoms with Gasteiger partial charge in [0.05, 0.1) is 0 Å². The fourth-order valence-electron chi connectivity index (χ4n) is 1.92. The third-order valence-corrected chi connectivity index (χ3v) is 4.01. The molecule has 1 radical (unpaired) electrons. The summed E-state index contributed by atoms with van der Waals surface area (Å²) in [5.41, 5.74) is 8.06. The number of β-lactam (4-membered cyclic amide) rings is 1. The van der Waals surface area contributed by atoms with Crippen LogP contribution < -0.4 is 5.73 Å². The van der Waals surface area contributed by atoms with Gasteiger partial charge in [0.25, 0.3) is 0 Å². The summed E-state index contributed by atoms with van der Waals surface area (Å²) in [6.45, 7) is 0. The van der Waals surface area contributed by atoms with Gasteiger partial charge in [-0.15, -0.1) is 11.8 Å². The second-order valence-electron chi connectivity index (χ2n) is 3.52. The molecule has 1 saturated heterocycles. The highest BCUT2D eigenvalue weighted by atomic mass is 32.2. The SMILES string of the molecule is [NH]C1C(=O)N2C3=C(CSC12)C(O)OC3=O. The molecule has 3 heterocycles. The van der Waals surface area contributed by atoms with Gasteiger partial charge >= 0.3 is 5.97 Å². The fraction of sp³-hybridized carbons (Fsp3) is 0.500. The molecular weight excluding hydrogens is 220 g/mol. The number of hydrogen-bond acceptors (Lipinski definition) is 5. The van der Waals surface area contributed by atoms with Gasteiger partial charge in [0, 0.05) is 11.3 Å². The number of thioether (sulfide) groups is 1. The molecule has 79 valence electrons. The number of amides is 1. The van der Waals surface area contributed by atoms with Gasteiger partial charge in [0.2, 0.25) is 12.2 Å². The third-order valence-electron chi connectivity index (χ3n) is 2.71. The monoisotopic (exact) mass is 227 g/mol. The Kier molecular flexibility index (Phi) is 1.68. The van der Waals surface area contributed by atoms with E-state index in [1.54, 1.807) is 0 Å². The highest BCUT2D eigenvalue weighted by molar-refractivity contribution is 8.00. The Balaban J connectivity index is 2.03. The summed E-state index contributed by atoms with van der Waals surface area (Å²) in [5, 5.41) is 9.08. The van der Waals surface area contributed by atoms with Crippen LogP contribution in [0.15, 0.2) is 11.3 Å². The van der Waals surface area contributed by atoms with Gasteiger partial charge in [-0.25, -0.2) is 10.5 Å². The first-order valence-electron chi connectivity index (χ1n) is 4.39. The van der Waals surface area contributed by atoms with E-state index in [2.05, 4.69) is 4.74 Å². The Bertz CT molecular complexity index is 407. The first kappa shape index (κ1) is 9.20. The molecule has 6 nitrogen and oxygen atoms in total. The number of aliphatic hydroxyl groups is 1. The number of rotatable bonds is 0. The number of cyclic esters (lactones) is 1. The summed E-state index contributed by atoms with van der Waals surface area (Å²) in [6, 6.07) is -0.797. The van der Waals surface area contributed by atoms with Crippen molar-refractivity contribution in [1.82, 2.24) is 10.6 Å². The van der Waals surface area contributed by atoms with Crippen LogP contribution in [-0.2, 0) is 14.3 Å². The minimum absolute atomic E-state index is 0.153. The molecule has 0 saturated carbocycles. The van der Waals surface area contributed by atoms with Gasteiger partial charge in [0.15, 0.2) is 0 Å². The average Bonchev–Trinajstić information content (AvgIpc) is 2.52. The van der Waals surface area contributed by atoms with Crippen molar-refractivity contribution in [3.63, 3.8) is 0 Å². The van der Waals surface area contributed by atoms with E-state index >= 15 is 0 Å². The van der Waals surface area contributed by atoms with Crippen LogP contribution in [-0.4, -0.2) is 45.3 Å². The van der Waals surface area contributed by atoms with Crippen LogP contribution in [0.2, 0.25) is 0 Å². The largest absolute Gasteiger partial charge is 0.427 e. The Morgan fingerprint density at radius 1 is 1.53 bits per heavy atom. The summed E-state index contributed by atoms with van der Waals surface area (Å²) in [6.07, 6.45) is -1.22. The number of ether oxygens (including phenoxy) is 1. The van der Waals surface area contributed by atoms with Crippen molar-refractivity contribution in [2.45, 2.75) is 17.7 Å². The first-order valence-corrected chi connectivity index (χ1v) is 5.44. The van der Waals surface area contributed by atoms with Crippen LogP contribution in [0.4, 0.5) is 0 Å². The minimum Gasteiger partial charge on any atom is -0.427 e. The van der Waals surface area contributed by atoms with Crippen LogP contribution in [0.5, 0.6) is 0 Å². The van der Waals surface area contributed by atoms with Crippen molar-refractivity contribution < 1.29 is 19.4 Å². The molecule has 0 aromatic carbocycles. The fourth-order valence-corrected chi connectivity index (χ4v) is 3.21. The molecule has 0 bridgehead atoms. The summed E-state index contributed by atoms with van der Waals surface area (Å²) in [5.74, 6) is -0.625. The van der Waals surface area contributed by atoms with Crippen molar-refractivity contribution >= 4 is 23.6 Å². The summed E-state index contributed by atoms with van der Waals surface area (Å²) in [7, 11) is 0. The lowest BCUT2D eigenvalue weighted by Crippen LogP contribution is -2.65. The normalized spacial score (nSPS) is 38.5. The molecule has 3 aliphatic rings. The van der Waals surface area contributed by atoms with Crippen molar-refractivity contribution in [1.29, 1.82) is 0 Å². The molecule has 3 aliphatic heterocycles. The number of carbonyl (C=O) groups excluding carboxylic acids is 2. The summed E-state index contributed by atoms with van der Waals surface area (Å²) in [4.78, 5) is 24.0. The molecule has 3 unspecified atom stereocenters. The zero-order valence-corrected chi connectivity index (χ0v) is 8.28. The lowest BCUT2D eigenvalue weighted by molar-refractivity contribution is -0.156. The predicted molar refractivity (Wildman–Crippen MR) is 49.1 cm³/mol. The Morgan fingerprint density at radius 3 is 3.00 bits per heavy atom. The molecule has 0 aromatic rings. The molecule has 15 heavy (non-hydrogen) atoms. The van der Waals surface area contributed by atoms with Crippen LogP contribution in [0.25, 0.3) is 0 Å². The van der Waals surface area contributed by atoms with Gasteiger partial charge in [-0.3, -0.25) is 9.69 Å². The maximum Gasteiger partial charge on any atom is 0.357 e. The number of esters is 1. The number of carbonyl (C=O) groups is 2. The average molecular weight is 227 g/mol. The van der Waals surface area contributed by atoms with E-state index in [9.17, 15) is 14.7 Å². The van der Waals surface area contributed by atoms with Crippen LogP contribution in [0.1, 0.15) is 0 Å². The van der Waals surface area contributed by atoms with Gasteiger partial charge in [-0.05, 0) is 0 Å². The van der Waals surface area contributed by atoms with Crippen molar-refractivity contribution in [3.8, 4) is 0 Å². The molecule has 2 N–H and O–H groups in total. The van der Waals surface area contributed by atoms with Crippen molar-refractivity contribution in [2.75, 3.05) is 5.75 Å². The summed E-state index contributed by atoms with van der Waals surface area (Å²) >= 11 is 1.37. The lowest BCUT2D eigenvalue weighted by Gasteiger charge is -2.46. The van der Waals surface area contributed by atoms with Gasteiger partial charge in [-0.2, -0.15) is 0 Å². The van der Waals surface area contributed by atoms with Crippen LogP contribution in [0.3, 0.4) is 0 Å². The Morgan fingerprint density at radius 2 is 2.27 bits per heavy atom. The molecule has 0 aromatic heterocycles. The second-order valence-corrected chi connectivity index (χ2v) is 4.62. The molecule has 0 spiro atoms. The van der Waals surface area contributed by atoms with E-state index in [0.717, 1.165) is 0 Å². The van der Waals surface area contributed by atoms with Gasteiger partial charge < -0.3 is 9.84 Å². The highest BCUT2D eigenvalue weighted by Gasteiger charge is 2.55. The van der Waals surface area contributed by atoms with Crippen LogP contribution >= 0.6 is 11.8 Å². The third kappa shape index (κ3) is 0.973. The molecule has 1 fully saturated rings. The maximum absolute atomic E-state index is 11.4. The van der Waals surface area contributed by atoms with Gasteiger partial charge in [-0.1, -0.05) is 0 Å². The second kappa shape index (κ2) is 2.75. The first-order chi connectivity index (χ1) is 7.11. The highest BCUT2D eigenvalue weighted by Crippen LogP contribution is 2.43. The van der Waals surface area contributed by atoms with E-state index in [0.29, 0.717) is 11.3 Å². The number of nitrogens with zero attached hydrogens (tertiary/aromatic N) is 1. The zero-order valence-electron chi connectivity index (χ0n) is 7.47. The number of fused-ring (bicyclic) bond motifs is 2. The van der Waals surface area contributed by atoms with Gasteiger partial charge in [0.1, 0.15) is 17.1 Å². The standard InChI is InChI=1S/C8H7N2O4S/c9-3-5(11)10-4-2(1-15-6(3)10)7(12)14-8(4)13/h3,6-7,9,12H,1H2. The number of hydrogen-bond donors (Lipinski definition) is 1. The van der Waals surface area contributed by atoms with E-state index in [1.807, 2.05) is 0 Å². The smallest absolute Gasteiger partial charge is 0.357 e.